The van der Waals surface area contributed by atoms with Gasteiger partial charge in [-0.1, -0.05) is 30.3 Å². The van der Waals surface area contributed by atoms with Crippen molar-refractivity contribution in [2.45, 2.75) is 6.29 Å². The molecular weight excluding hydrogens is 316 g/mol. The zero-order valence-corrected chi connectivity index (χ0v) is 14.2. The molecule has 0 aliphatic heterocycles. The van der Waals surface area contributed by atoms with Crippen molar-refractivity contribution in [3.8, 4) is 22.6 Å². The third-order valence-electron chi connectivity index (χ3n) is 3.71. The molecule has 128 valence electrons. The van der Waals surface area contributed by atoms with Crippen LogP contribution in [-0.4, -0.2) is 42.0 Å². The van der Waals surface area contributed by atoms with E-state index in [1.165, 1.54) is 0 Å². The summed E-state index contributed by atoms with van der Waals surface area (Å²) in [4.78, 5) is 13.4. The zero-order chi connectivity index (χ0) is 17.5. The summed E-state index contributed by atoms with van der Waals surface area (Å²) in [6, 6.07) is 15.7. The van der Waals surface area contributed by atoms with Crippen molar-refractivity contribution in [2.24, 2.45) is 0 Å². The summed E-state index contributed by atoms with van der Waals surface area (Å²) in [7, 11) is 3.21. The van der Waals surface area contributed by atoms with Gasteiger partial charge < -0.3 is 14.8 Å². The van der Waals surface area contributed by atoms with Crippen LogP contribution in [-0.2, 0) is 9.47 Å². The molecule has 1 N–H and O–H groups in total. The third kappa shape index (κ3) is 4.37. The van der Waals surface area contributed by atoms with Crippen LogP contribution >= 0.6 is 0 Å². The van der Waals surface area contributed by atoms with E-state index in [1.807, 2.05) is 48.5 Å². The Hall–Kier alpha value is -2.83. The van der Waals surface area contributed by atoms with Gasteiger partial charge in [0.1, 0.15) is 5.82 Å². The largest absolute Gasteiger partial charge is 0.365 e. The molecule has 25 heavy (non-hydrogen) atoms. The molecule has 0 spiro atoms. The van der Waals surface area contributed by atoms with Gasteiger partial charge in [0.25, 0.3) is 0 Å². The van der Waals surface area contributed by atoms with Crippen LogP contribution in [0.5, 0.6) is 0 Å². The van der Waals surface area contributed by atoms with E-state index in [0.29, 0.717) is 18.2 Å². The number of rotatable bonds is 7. The fraction of sp³-hybridized carbons (Fsp3) is 0.211. The van der Waals surface area contributed by atoms with E-state index < -0.39 is 0 Å². The first-order valence-corrected chi connectivity index (χ1v) is 7.94. The SMILES string of the molecule is COC(CNc1cc(-c2ccccc2)nc(-c2ccncc2)n1)OC. The highest BCUT2D eigenvalue weighted by Gasteiger charge is 2.10. The number of nitrogens with zero attached hydrogens (tertiary/aromatic N) is 3. The molecule has 0 radical (unpaired) electrons. The van der Waals surface area contributed by atoms with Crippen molar-refractivity contribution in [2.75, 3.05) is 26.1 Å². The maximum Gasteiger partial charge on any atom is 0.173 e. The highest BCUT2D eigenvalue weighted by molar-refractivity contribution is 5.67. The minimum absolute atomic E-state index is 0.348. The molecule has 3 aromatic rings. The molecule has 0 saturated heterocycles. The molecule has 0 aliphatic rings. The Kier molecular flexibility index (Phi) is 5.66. The summed E-state index contributed by atoms with van der Waals surface area (Å²) >= 11 is 0. The van der Waals surface area contributed by atoms with E-state index >= 15 is 0 Å². The van der Waals surface area contributed by atoms with E-state index in [0.717, 1.165) is 16.8 Å². The van der Waals surface area contributed by atoms with Gasteiger partial charge in [-0.25, -0.2) is 9.97 Å². The average Bonchev–Trinajstić information content (AvgIpc) is 2.70. The number of aromatic nitrogens is 3. The van der Waals surface area contributed by atoms with Crippen LogP contribution in [0.4, 0.5) is 5.82 Å². The molecule has 2 heterocycles. The van der Waals surface area contributed by atoms with Crippen molar-refractivity contribution in [3.63, 3.8) is 0 Å². The van der Waals surface area contributed by atoms with Crippen molar-refractivity contribution >= 4 is 5.82 Å². The van der Waals surface area contributed by atoms with Crippen molar-refractivity contribution in [3.05, 3.63) is 60.9 Å². The number of ether oxygens (including phenoxy) is 2. The summed E-state index contributed by atoms with van der Waals surface area (Å²) in [6.07, 6.45) is 3.11. The first kappa shape index (κ1) is 17.0. The van der Waals surface area contributed by atoms with Crippen LogP contribution in [0.25, 0.3) is 22.6 Å². The fourth-order valence-electron chi connectivity index (χ4n) is 2.38. The van der Waals surface area contributed by atoms with Gasteiger partial charge in [-0.05, 0) is 12.1 Å². The summed E-state index contributed by atoms with van der Waals surface area (Å²) in [5.41, 5.74) is 2.78. The third-order valence-corrected chi connectivity index (χ3v) is 3.71. The van der Waals surface area contributed by atoms with Gasteiger partial charge in [-0.15, -0.1) is 0 Å². The molecule has 0 aliphatic carbocycles. The van der Waals surface area contributed by atoms with Gasteiger partial charge in [0.15, 0.2) is 12.1 Å². The maximum atomic E-state index is 5.21. The smallest absolute Gasteiger partial charge is 0.173 e. The summed E-state index contributed by atoms with van der Waals surface area (Å²) < 4.78 is 10.4. The monoisotopic (exact) mass is 336 g/mol. The van der Waals surface area contributed by atoms with Crippen molar-refractivity contribution < 1.29 is 9.47 Å². The first-order chi connectivity index (χ1) is 12.3. The van der Waals surface area contributed by atoms with Crippen LogP contribution in [0.15, 0.2) is 60.9 Å². The summed E-state index contributed by atoms with van der Waals surface area (Å²) in [5, 5.41) is 3.25. The molecular formula is C19H20N4O2. The molecule has 0 fully saturated rings. The van der Waals surface area contributed by atoms with E-state index in [9.17, 15) is 0 Å². The van der Waals surface area contributed by atoms with Crippen LogP contribution in [0.1, 0.15) is 0 Å². The number of methoxy groups -OCH3 is 2. The zero-order valence-electron chi connectivity index (χ0n) is 14.2. The van der Waals surface area contributed by atoms with E-state index in [1.54, 1.807) is 26.6 Å². The van der Waals surface area contributed by atoms with Crippen LogP contribution in [0.2, 0.25) is 0 Å². The lowest BCUT2D eigenvalue weighted by atomic mass is 10.1. The molecule has 6 nitrogen and oxygen atoms in total. The second kappa shape index (κ2) is 8.32. The highest BCUT2D eigenvalue weighted by atomic mass is 16.7. The van der Waals surface area contributed by atoms with Gasteiger partial charge in [-0.2, -0.15) is 0 Å². The average molecular weight is 336 g/mol. The molecule has 2 aromatic heterocycles. The molecule has 0 atom stereocenters. The molecule has 6 heteroatoms. The van der Waals surface area contributed by atoms with Crippen molar-refractivity contribution in [1.82, 2.24) is 15.0 Å². The number of nitrogens with one attached hydrogen (secondary N) is 1. The van der Waals surface area contributed by atoms with Gasteiger partial charge in [0, 0.05) is 43.8 Å². The minimum Gasteiger partial charge on any atom is -0.365 e. The summed E-state index contributed by atoms with van der Waals surface area (Å²) in [5.74, 6) is 1.34. The quantitative estimate of drug-likeness (QED) is 0.668. The highest BCUT2D eigenvalue weighted by Crippen LogP contribution is 2.24. The minimum atomic E-state index is -0.348. The predicted octanol–water partition coefficient (Wildman–Crippen LogP) is 3.24. The Morgan fingerprint density at radius 3 is 2.32 bits per heavy atom. The first-order valence-electron chi connectivity index (χ1n) is 7.94. The Bertz CT molecular complexity index is 735. The number of hydrogen-bond donors (Lipinski definition) is 1. The molecule has 0 amide bonds. The lowest BCUT2D eigenvalue weighted by Crippen LogP contribution is -2.24. The summed E-state index contributed by atoms with van der Waals surface area (Å²) in [6.45, 7) is 0.480. The maximum absolute atomic E-state index is 5.21. The van der Waals surface area contributed by atoms with Gasteiger partial charge in [-0.3, -0.25) is 4.98 Å². The molecule has 3 rings (SSSR count). The van der Waals surface area contributed by atoms with Gasteiger partial charge >= 0.3 is 0 Å². The Morgan fingerprint density at radius 2 is 1.64 bits per heavy atom. The molecule has 0 unspecified atom stereocenters. The molecule has 0 bridgehead atoms. The standard InChI is InChI=1S/C19H20N4O2/c1-24-18(25-2)13-21-17-12-16(14-6-4-3-5-7-14)22-19(23-17)15-8-10-20-11-9-15/h3-12,18H,13H2,1-2H3,(H,21,22,23). The second-order valence-corrected chi connectivity index (χ2v) is 5.35. The topological polar surface area (TPSA) is 69.2 Å². The number of benzene rings is 1. The van der Waals surface area contributed by atoms with Crippen LogP contribution < -0.4 is 5.32 Å². The van der Waals surface area contributed by atoms with Crippen LogP contribution in [0.3, 0.4) is 0 Å². The number of anilines is 1. The van der Waals surface area contributed by atoms with Gasteiger partial charge in [0.2, 0.25) is 0 Å². The normalized spacial score (nSPS) is 10.8. The van der Waals surface area contributed by atoms with Crippen LogP contribution in [0, 0.1) is 0 Å². The molecule has 1 aromatic carbocycles. The second-order valence-electron chi connectivity index (χ2n) is 5.35. The lowest BCUT2D eigenvalue weighted by Gasteiger charge is -2.15. The number of pyridine rings is 1. The Balaban J connectivity index is 1.97. The van der Waals surface area contributed by atoms with E-state index in [2.05, 4.69) is 15.3 Å². The fourth-order valence-corrected chi connectivity index (χ4v) is 2.38. The van der Waals surface area contributed by atoms with E-state index in [4.69, 9.17) is 14.5 Å². The van der Waals surface area contributed by atoms with E-state index in [-0.39, 0.29) is 6.29 Å². The van der Waals surface area contributed by atoms with Crippen molar-refractivity contribution in [1.29, 1.82) is 0 Å². The predicted molar refractivity (Wildman–Crippen MR) is 97.0 cm³/mol. The van der Waals surface area contributed by atoms with Gasteiger partial charge in [0.05, 0.1) is 12.2 Å². The Morgan fingerprint density at radius 1 is 0.920 bits per heavy atom. The lowest BCUT2D eigenvalue weighted by molar-refractivity contribution is -0.0914. The number of hydrogen-bond acceptors (Lipinski definition) is 6. The molecule has 0 saturated carbocycles. The Labute approximate surface area is 146 Å².